The van der Waals surface area contributed by atoms with Crippen molar-refractivity contribution in [3.05, 3.63) is 70.5 Å². The Morgan fingerprint density at radius 2 is 2.08 bits per heavy atom. The molecule has 2 aromatic carbocycles. The van der Waals surface area contributed by atoms with E-state index in [1.54, 1.807) is 19.2 Å². The molecule has 1 heterocycles. The average molecular weight is 341 g/mol. The Labute approximate surface area is 142 Å². The molecule has 0 saturated carbocycles. The Morgan fingerprint density at radius 1 is 1.28 bits per heavy atom. The monoisotopic (exact) mass is 341 g/mol. The summed E-state index contributed by atoms with van der Waals surface area (Å²) in [5.41, 5.74) is 1.35. The maximum atomic E-state index is 13.3. The van der Waals surface area contributed by atoms with Crippen molar-refractivity contribution in [2.45, 2.75) is 13.2 Å². The normalized spacial score (nSPS) is 10.8. The molecule has 1 N–H and O–H groups in total. The summed E-state index contributed by atoms with van der Waals surface area (Å²) in [7, 11) is 1.57. The molecule has 128 valence electrons. The highest BCUT2D eigenvalue weighted by molar-refractivity contribution is 5.91. The number of amides is 1. The van der Waals surface area contributed by atoms with Crippen LogP contribution in [-0.4, -0.2) is 22.6 Å². The Morgan fingerprint density at radius 3 is 2.88 bits per heavy atom. The van der Waals surface area contributed by atoms with E-state index in [1.165, 1.54) is 18.5 Å². The van der Waals surface area contributed by atoms with Crippen molar-refractivity contribution in [2.75, 3.05) is 12.4 Å². The zero-order valence-electron chi connectivity index (χ0n) is 13.5. The fourth-order valence-corrected chi connectivity index (χ4v) is 2.51. The first kappa shape index (κ1) is 16.8. The van der Waals surface area contributed by atoms with Gasteiger partial charge in [0.15, 0.2) is 0 Å². The number of anilines is 1. The van der Waals surface area contributed by atoms with Gasteiger partial charge < -0.3 is 10.1 Å². The van der Waals surface area contributed by atoms with E-state index in [0.717, 1.165) is 16.2 Å². The van der Waals surface area contributed by atoms with E-state index in [2.05, 4.69) is 10.3 Å². The number of hydrogen-bond donors (Lipinski definition) is 1. The molecular weight excluding hydrogens is 325 g/mol. The number of nitrogens with zero attached hydrogens (tertiary/aromatic N) is 2. The highest BCUT2D eigenvalue weighted by Crippen LogP contribution is 2.16. The van der Waals surface area contributed by atoms with Gasteiger partial charge in [-0.2, -0.15) is 0 Å². The number of methoxy groups -OCH3 is 1. The molecule has 0 bridgehead atoms. The second-order valence-corrected chi connectivity index (χ2v) is 5.48. The maximum Gasteiger partial charge on any atom is 0.261 e. The number of benzene rings is 2. The molecule has 25 heavy (non-hydrogen) atoms. The number of carbonyl (C=O) groups excluding carboxylic acids is 1. The van der Waals surface area contributed by atoms with E-state index < -0.39 is 11.4 Å². The van der Waals surface area contributed by atoms with E-state index in [0.29, 0.717) is 17.8 Å². The molecule has 0 aliphatic heterocycles. The summed E-state index contributed by atoms with van der Waals surface area (Å²) in [6.07, 6.45) is 1.28. The van der Waals surface area contributed by atoms with Crippen LogP contribution in [0, 0.1) is 5.82 Å². The summed E-state index contributed by atoms with van der Waals surface area (Å²) in [6.45, 7) is 0.132. The molecule has 3 aromatic rings. The van der Waals surface area contributed by atoms with Crippen molar-refractivity contribution in [2.24, 2.45) is 0 Å². The molecule has 0 atom stereocenters. The molecule has 6 nitrogen and oxygen atoms in total. The topological polar surface area (TPSA) is 73.2 Å². The van der Waals surface area contributed by atoms with Gasteiger partial charge in [0.1, 0.15) is 12.4 Å². The number of fused-ring (bicyclic) bond motifs is 1. The fraction of sp³-hybridized carbons (Fsp3) is 0.167. The van der Waals surface area contributed by atoms with Gasteiger partial charge >= 0.3 is 0 Å². The lowest BCUT2D eigenvalue weighted by molar-refractivity contribution is -0.116. The van der Waals surface area contributed by atoms with Crippen LogP contribution >= 0.6 is 0 Å². The van der Waals surface area contributed by atoms with E-state index in [9.17, 15) is 14.0 Å². The zero-order chi connectivity index (χ0) is 17.8. The third-order valence-electron chi connectivity index (χ3n) is 3.69. The first-order chi connectivity index (χ1) is 12.1. The standard InChI is InChI=1S/C18H16FN3O3/c1-25-10-12-4-2-3-5-15(12)21-17(23)9-22-11-20-16-7-6-13(19)8-14(16)18(22)24/h2-8,11H,9-10H2,1H3,(H,21,23). The summed E-state index contributed by atoms with van der Waals surface area (Å²) in [6, 6.07) is 11.0. The second kappa shape index (κ2) is 7.23. The molecule has 0 aliphatic carbocycles. The molecular formula is C18H16FN3O3. The van der Waals surface area contributed by atoms with Gasteiger partial charge in [-0.1, -0.05) is 18.2 Å². The van der Waals surface area contributed by atoms with Gasteiger partial charge in [-0.05, 0) is 24.3 Å². The fourth-order valence-electron chi connectivity index (χ4n) is 2.51. The van der Waals surface area contributed by atoms with Gasteiger partial charge in [0.2, 0.25) is 5.91 Å². The average Bonchev–Trinajstić information content (AvgIpc) is 2.60. The Balaban J connectivity index is 1.83. The number of hydrogen-bond acceptors (Lipinski definition) is 4. The maximum absolute atomic E-state index is 13.3. The number of carbonyl (C=O) groups is 1. The number of halogens is 1. The van der Waals surface area contributed by atoms with Gasteiger partial charge in [0.25, 0.3) is 5.56 Å². The van der Waals surface area contributed by atoms with Crippen LogP contribution in [0.3, 0.4) is 0 Å². The summed E-state index contributed by atoms with van der Waals surface area (Å²) < 4.78 is 19.6. The molecule has 3 rings (SSSR count). The minimum Gasteiger partial charge on any atom is -0.380 e. The largest absolute Gasteiger partial charge is 0.380 e. The zero-order valence-corrected chi connectivity index (χ0v) is 13.5. The van der Waals surface area contributed by atoms with Crippen molar-refractivity contribution in [3.8, 4) is 0 Å². The number of rotatable bonds is 5. The molecule has 0 radical (unpaired) electrons. The summed E-state index contributed by atoms with van der Waals surface area (Å²) >= 11 is 0. The van der Waals surface area contributed by atoms with Crippen molar-refractivity contribution < 1.29 is 13.9 Å². The van der Waals surface area contributed by atoms with E-state index in [-0.39, 0.29) is 17.8 Å². The van der Waals surface area contributed by atoms with Crippen molar-refractivity contribution in [1.82, 2.24) is 9.55 Å². The Bertz CT molecular complexity index is 985. The highest BCUT2D eigenvalue weighted by Gasteiger charge is 2.11. The lowest BCUT2D eigenvalue weighted by Crippen LogP contribution is -2.28. The van der Waals surface area contributed by atoms with Gasteiger partial charge in [0, 0.05) is 18.4 Å². The molecule has 0 aliphatic rings. The molecule has 0 unspecified atom stereocenters. The first-order valence-corrected chi connectivity index (χ1v) is 7.60. The van der Waals surface area contributed by atoms with Crippen molar-refractivity contribution in [1.29, 1.82) is 0 Å². The van der Waals surface area contributed by atoms with Crippen LogP contribution in [0.2, 0.25) is 0 Å². The van der Waals surface area contributed by atoms with Crippen LogP contribution in [-0.2, 0) is 22.7 Å². The Hall–Kier alpha value is -3.06. The number of aromatic nitrogens is 2. The van der Waals surface area contributed by atoms with Gasteiger partial charge in [-0.25, -0.2) is 9.37 Å². The summed E-state index contributed by atoms with van der Waals surface area (Å²) in [5, 5.41) is 2.88. The van der Waals surface area contributed by atoms with Crippen LogP contribution in [0.25, 0.3) is 10.9 Å². The predicted octanol–water partition coefficient (Wildman–Crippen LogP) is 2.32. The summed E-state index contributed by atoms with van der Waals surface area (Å²) in [5.74, 6) is -0.912. The van der Waals surface area contributed by atoms with E-state index >= 15 is 0 Å². The van der Waals surface area contributed by atoms with Gasteiger partial charge in [-0.3, -0.25) is 14.2 Å². The Kier molecular flexibility index (Phi) is 4.85. The first-order valence-electron chi connectivity index (χ1n) is 7.60. The highest BCUT2D eigenvalue weighted by atomic mass is 19.1. The van der Waals surface area contributed by atoms with Crippen LogP contribution < -0.4 is 10.9 Å². The van der Waals surface area contributed by atoms with Crippen molar-refractivity contribution >= 4 is 22.5 Å². The van der Waals surface area contributed by atoms with Crippen LogP contribution in [0.1, 0.15) is 5.56 Å². The van der Waals surface area contributed by atoms with Gasteiger partial charge in [0.05, 0.1) is 23.8 Å². The molecule has 7 heteroatoms. The van der Waals surface area contributed by atoms with E-state index in [1.807, 2.05) is 12.1 Å². The third kappa shape index (κ3) is 3.72. The third-order valence-corrected chi connectivity index (χ3v) is 3.69. The van der Waals surface area contributed by atoms with Crippen LogP contribution in [0.15, 0.2) is 53.6 Å². The van der Waals surface area contributed by atoms with Gasteiger partial charge in [-0.15, -0.1) is 0 Å². The lowest BCUT2D eigenvalue weighted by atomic mass is 10.2. The van der Waals surface area contributed by atoms with Crippen LogP contribution in [0.5, 0.6) is 0 Å². The smallest absolute Gasteiger partial charge is 0.261 e. The second-order valence-electron chi connectivity index (χ2n) is 5.48. The quantitative estimate of drug-likeness (QED) is 0.773. The molecule has 1 aromatic heterocycles. The molecule has 1 amide bonds. The summed E-state index contributed by atoms with van der Waals surface area (Å²) in [4.78, 5) is 28.8. The molecule has 0 spiro atoms. The predicted molar refractivity (Wildman–Crippen MR) is 91.7 cm³/mol. The van der Waals surface area contributed by atoms with E-state index in [4.69, 9.17) is 4.74 Å². The minimum atomic E-state index is -0.526. The van der Waals surface area contributed by atoms with Crippen LogP contribution in [0.4, 0.5) is 10.1 Å². The number of ether oxygens (including phenoxy) is 1. The van der Waals surface area contributed by atoms with Crippen molar-refractivity contribution in [3.63, 3.8) is 0 Å². The lowest BCUT2D eigenvalue weighted by Gasteiger charge is -2.11. The number of para-hydroxylation sites is 1. The SMILES string of the molecule is COCc1ccccc1NC(=O)Cn1cnc2ccc(F)cc2c1=O. The molecule has 0 saturated heterocycles. The number of nitrogens with one attached hydrogen (secondary N) is 1. The minimum absolute atomic E-state index is 0.134. The molecule has 0 fully saturated rings.